The van der Waals surface area contributed by atoms with Crippen molar-refractivity contribution in [3.63, 3.8) is 0 Å². The largest absolute Gasteiger partial charge is 0.462 e. The molecule has 9 rings (SSSR count). The van der Waals surface area contributed by atoms with Gasteiger partial charge in [0.1, 0.15) is 71.8 Å². The first-order chi connectivity index (χ1) is 26.5. The van der Waals surface area contributed by atoms with Crippen molar-refractivity contribution in [2.75, 3.05) is 13.2 Å². The Morgan fingerprint density at radius 2 is 1.05 bits per heavy atom. The van der Waals surface area contributed by atoms with Gasteiger partial charge in [-0.25, -0.2) is 4.79 Å². The highest BCUT2D eigenvalue weighted by molar-refractivity contribution is 6.01. The van der Waals surface area contributed by atoms with Crippen molar-refractivity contribution < 1.29 is 74.1 Å². The van der Waals surface area contributed by atoms with Gasteiger partial charge >= 0.3 is 5.97 Å². The monoisotopic (exact) mass is 756 g/mol. The number of hydrogen-bond donors (Lipinski definition) is 8. The summed E-state index contributed by atoms with van der Waals surface area (Å²) in [6.45, 7) is -1.21. The molecule has 2 saturated heterocycles. The third kappa shape index (κ3) is 5.47. The minimum Gasteiger partial charge on any atom is -0.462 e. The number of fused-ring (bicyclic) bond motifs is 10. The first-order valence-corrected chi connectivity index (χ1v) is 17.6. The summed E-state index contributed by atoms with van der Waals surface area (Å²) in [6.07, 6.45) is -14.6. The maximum absolute atomic E-state index is 13.5. The van der Waals surface area contributed by atoms with E-state index in [1.807, 2.05) is 24.3 Å². The fourth-order valence-corrected chi connectivity index (χ4v) is 7.94. The molecular weight excluding hydrogens is 720 g/mol. The molecule has 0 aliphatic carbocycles. The van der Waals surface area contributed by atoms with Crippen LogP contribution in [-0.2, 0) is 19.8 Å². The minimum atomic E-state index is -1.62. The Labute approximate surface area is 311 Å². The van der Waals surface area contributed by atoms with Crippen molar-refractivity contribution in [2.45, 2.75) is 67.0 Å². The van der Waals surface area contributed by atoms with Crippen LogP contribution in [0.4, 0.5) is 0 Å². The first-order valence-electron chi connectivity index (χ1n) is 17.6. The van der Waals surface area contributed by atoms with Crippen molar-refractivity contribution in [2.24, 2.45) is 0 Å². The maximum atomic E-state index is 13.5. The molecule has 0 bridgehead atoms. The van der Waals surface area contributed by atoms with Crippen LogP contribution in [0.2, 0.25) is 0 Å². The van der Waals surface area contributed by atoms with Gasteiger partial charge in [0.2, 0.25) is 12.6 Å². The smallest absolute Gasteiger partial charge is 0.340 e. The maximum Gasteiger partial charge on any atom is 0.340 e. The predicted octanol–water partition coefficient (Wildman–Crippen LogP) is 0.918. The van der Waals surface area contributed by atoms with Gasteiger partial charge in [-0.3, -0.25) is 0 Å². The molecule has 55 heavy (non-hydrogen) atoms. The van der Waals surface area contributed by atoms with Crippen molar-refractivity contribution in [1.29, 1.82) is 0 Å². The van der Waals surface area contributed by atoms with Crippen LogP contribution in [0.1, 0.15) is 27.0 Å². The molecule has 4 aliphatic heterocycles. The van der Waals surface area contributed by atoms with E-state index >= 15 is 0 Å². The lowest BCUT2D eigenvalue weighted by Crippen LogP contribution is -2.60. The van der Waals surface area contributed by atoms with Crippen molar-refractivity contribution >= 4 is 27.5 Å². The zero-order valence-electron chi connectivity index (χ0n) is 28.7. The molecule has 1 spiro atoms. The van der Waals surface area contributed by atoms with E-state index in [0.717, 1.165) is 0 Å². The van der Waals surface area contributed by atoms with Gasteiger partial charge in [-0.15, -0.1) is 0 Å². The highest BCUT2D eigenvalue weighted by Crippen LogP contribution is 2.59. The second kappa shape index (κ2) is 13.4. The van der Waals surface area contributed by atoms with Crippen LogP contribution in [0, 0.1) is 0 Å². The number of carbonyl (C=O) groups is 1. The van der Waals surface area contributed by atoms with Gasteiger partial charge < -0.3 is 69.3 Å². The van der Waals surface area contributed by atoms with Gasteiger partial charge in [0.05, 0.1) is 18.8 Å². The van der Waals surface area contributed by atoms with Gasteiger partial charge in [0.25, 0.3) is 0 Å². The van der Waals surface area contributed by atoms with Gasteiger partial charge in [0, 0.05) is 27.5 Å². The number of rotatable bonds is 6. The average molecular weight is 757 g/mol. The SMILES string of the molecule is O=C1OC2(c3ccccc31)c1ccc3cc(OC4O[C@H](CO)[C@H](O)[C@H](O)[C@H]4O)ccc3c1Oc1c2ccc2cc(O[C@@H]3O[C@H](CO)[C@H](O)[C@H](O)[C@H]3O)ccc12. The summed E-state index contributed by atoms with van der Waals surface area (Å²) in [5.41, 5.74) is 0.740. The number of aliphatic hydroxyl groups is 8. The molecule has 11 atom stereocenters. The Bertz CT molecular complexity index is 2180. The summed E-state index contributed by atoms with van der Waals surface area (Å²) in [5, 5.41) is 83.7. The van der Waals surface area contributed by atoms with Crippen LogP contribution in [0.15, 0.2) is 84.9 Å². The minimum absolute atomic E-state index is 0.248. The van der Waals surface area contributed by atoms with Gasteiger partial charge in [-0.2, -0.15) is 0 Å². The average Bonchev–Trinajstić information content (AvgIpc) is 3.49. The lowest BCUT2D eigenvalue weighted by molar-refractivity contribution is -0.277. The van der Waals surface area contributed by atoms with E-state index in [0.29, 0.717) is 55.3 Å². The zero-order valence-corrected chi connectivity index (χ0v) is 28.7. The molecule has 15 heteroatoms. The number of benzene rings is 5. The fraction of sp³-hybridized carbons (Fsp3) is 0.325. The highest BCUT2D eigenvalue weighted by Gasteiger charge is 2.54. The highest BCUT2D eigenvalue weighted by atomic mass is 16.7. The van der Waals surface area contributed by atoms with Crippen LogP contribution in [0.5, 0.6) is 23.0 Å². The van der Waals surface area contributed by atoms with E-state index in [4.69, 9.17) is 28.4 Å². The topological polar surface area (TPSA) is 234 Å². The molecule has 2 unspecified atom stereocenters. The van der Waals surface area contributed by atoms with Crippen LogP contribution in [0.3, 0.4) is 0 Å². The fourth-order valence-electron chi connectivity index (χ4n) is 7.94. The number of aliphatic hydroxyl groups excluding tert-OH is 8. The van der Waals surface area contributed by atoms with E-state index in [9.17, 15) is 45.6 Å². The van der Waals surface area contributed by atoms with E-state index in [-0.39, 0.29) is 11.5 Å². The summed E-state index contributed by atoms with van der Waals surface area (Å²) in [4.78, 5) is 13.5. The lowest BCUT2D eigenvalue weighted by Gasteiger charge is -2.39. The molecule has 8 N–H and O–H groups in total. The van der Waals surface area contributed by atoms with Crippen LogP contribution in [0.25, 0.3) is 21.5 Å². The van der Waals surface area contributed by atoms with Gasteiger partial charge in [-0.05, 0) is 65.4 Å². The first kappa shape index (κ1) is 35.8. The van der Waals surface area contributed by atoms with Crippen LogP contribution >= 0.6 is 0 Å². The Morgan fingerprint density at radius 1 is 0.564 bits per heavy atom. The van der Waals surface area contributed by atoms with Crippen LogP contribution in [-0.4, -0.2) is 121 Å². The summed E-state index contributed by atoms with van der Waals surface area (Å²) >= 11 is 0. The van der Waals surface area contributed by atoms with E-state index in [1.165, 1.54) is 0 Å². The third-order valence-corrected chi connectivity index (χ3v) is 10.8. The summed E-state index contributed by atoms with van der Waals surface area (Å²) in [6, 6.07) is 24.4. The molecule has 0 radical (unpaired) electrons. The molecule has 5 aromatic carbocycles. The van der Waals surface area contributed by atoms with E-state index < -0.39 is 86.2 Å². The molecule has 4 heterocycles. The number of carbonyl (C=O) groups excluding carboxylic acids is 1. The molecule has 286 valence electrons. The van der Waals surface area contributed by atoms with Crippen molar-refractivity contribution in [3.8, 4) is 23.0 Å². The molecule has 2 fully saturated rings. The van der Waals surface area contributed by atoms with Gasteiger partial charge in [-0.1, -0.05) is 30.3 Å². The van der Waals surface area contributed by atoms with Gasteiger partial charge in [0.15, 0.2) is 5.60 Å². The second-order valence-corrected chi connectivity index (χ2v) is 14.0. The Kier molecular flexibility index (Phi) is 8.71. The predicted molar refractivity (Wildman–Crippen MR) is 188 cm³/mol. The molecule has 5 aromatic rings. The van der Waals surface area contributed by atoms with Crippen molar-refractivity contribution in [1.82, 2.24) is 0 Å². The molecule has 0 amide bonds. The Morgan fingerprint density at radius 3 is 1.55 bits per heavy atom. The number of esters is 1. The Hall–Kier alpha value is -4.91. The Balaban J connectivity index is 1.13. The number of ether oxygens (including phenoxy) is 6. The van der Waals surface area contributed by atoms with Crippen molar-refractivity contribution in [3.05, 3.63) is 107 Å². The lowest BCUT2D eigenvalue weighted by atomic mass is 9.76. The quantitative estimate of drug-likeness (QED) is 0.113. The summed E-state index contributed by atoms with van der Waals surface area (Å²) < 4.78 is 36.0. The standard InChI is InChI=1S/C40H36O15/c41-15-27-29(43)31(45)33(47)38(52-27)50-19-7-9-21-17(13-19)5-11-25-35(21)54-36-22-10-8-20(51-39-34(48)32(46)30(44)28(16-42)53-39)14-18(22)6-12-26(36)40(25)24-4-2-1-3-23(24)37(49)55-40/h1-14,27-34,38-39,41-48H,15-16H2/t27-,28-,29+,30+,31+,32+,33-,34-,38-,39?,40?/m1/s1. The molecule has 15 nitrogen and oxygen atoms in total. The zero-order chi connectivity index (χ0) is 38.3. The van der Waals surface area contributed by atoms with Crippen LogP contribution < -0.4 is 14.2 Å². The van der Waals surface area contributed by atoms with E-state index in [1.54, 1.807) is 60.7 Å². The molecular formula is C40H36O15. The molecule has 0 aromatic heterocycles. The van der Waals surface area contributed by atoms with E-state index in [2.05, 4.69) is 0 Å². The summed E-state index contributed by atoms with van der Waals surface area (Å²) in [7, 11) is 0. The third-order valence-electron chi connectivity index (χ3n) is 10.8. The normalized spacial score (nSPS) is 32.4. The molecule has 4 aliphatic rings. The second-order valence-electron chi connectivity index (χ2n) is 14.0. The summed E-state index contributed by atoms with van der Waals surface area (Å²) in [5.74, 6) is 0.766. The number of hydrogen-bond acceptors (Lipinski definition) is 15. The molecule has 0 saturated carbocycles.